The van der Waals surface area contributed by atoms with E-state index in [1.54, 1.807) is 6.08 Å². The summed E-state index contributed by atoms with van der Waals surface area (Å²) in [5, 5.41) is 18.7. The van der Waals surface area contributed by atoms with Crippen LogP contribution in [0.15, 0.2) is 109 Å². The Kier molecular flexibility index (Phi) is 38.8. The van der Waals surface area contributed by atoms with Crippen LogP contribution in [0.5, 0.6) is 0 Å². The molecule has 0 aromatic heterocycles. The molecule has 0 fully saturated rings. The molecule has 12 nitrogen and oxygen atoms in total. The van der Waals surface area contributed by atoms with E-state index in [-0.39, 0.29) is 12.8 Å². The van der Waals surface area contributed by atoms with Gasteiger partial charge in [0.1, 0.15) is 12.6 Å². The Hall–Kier alpha value is -3.90. The monoisotopic (exact) mass is 874 g/mol. The maximum absolute atomic E-state index is 12.6. The van der Waals surface area contributed by atoms with Crippen molar-refractivity contribution in [3.05, 3.63) is 109 Å². The van der Waals surface area contributed by atoms with Crippen molar-refractivity contribution in [2.45, 2.75) is 154 Å². The minimum absolute atomic E-state index is 0.0592. The lowest BCUT2D eigenvalue weighted by molar-refractivity contribution is -0.161. The maximum atomic E-state index is 12.6. The number of phosphoric acid groups is 1. The third-order valence-corrected chi connectivity index (χ3v) is 9.55. The summed E-state index contributed by atoms with van der Waals surface area (Å²) in [7, 11) is -4.76. The van der Waals surface area contributed by atoms with Crippen molar-refractivity contribution >= 4 is 25.7 Å². The highest BCUT2D eigenvalue weighted by atomic mass is 31.2. The van der Waals surface area contributed by atoms with Crippen molar-refractivity contribution in [1.82, 2.24) is 0 Å². The largest absolute Gasteiger partial charge is 0.480 e. The highest BCUT2D eigenvalue weighted by Gasteiger charge is 2.28. The predicted molar refractivity (Wildman–Crippen MR) is 246 cm³/mol. The van der Waals surface area contributed by atoms with Crippen LogP contribution >= 0.6 is 7.82 Å². The van der Waals surface area contributed by atoms with Gasteiger partial charge in [0.2, 0.25) is 0 Å². The zero-order chi connectivity index (χ0) is 45.1. The van der Waals surface area contributed by atoms with Gasteiger partial charge in [-0.25, -0.2) is 4.57 Å². The maximum Gasteiger partial charge on any atom is 0.472 e. The van der Waals surface area contributed by atoms with Crippen molar-refractivity contribution < 1.29 is 52.6 Å². The molecule has 0 radical (unpaired) electrons. The number of unbranched alkanes of at least 4 members (excludes halogenated alkanes) is 7. The van der Waals surface area contributed by atoms with Crippen LogP contribution in [0.2, 0.25) is 0 Å². The van der Waals surface area contributed by atoms with Gasteiger partial charge in [-0.3, -0.25) is 23.4 Å². The van der Waals surface area contributed by atoms with E-state index >= 15 is 0 Å². The molecule has 0 saturated heterocycles. The molecule has 2 unspecified atom stereocenters. The lowest BCUT2D eigenvalue weighted by atomic mass is 10.1. The second kappa shape index (κ2) is 41.5. The van der Waals surface area contributed by atoms with Crippen LogP contribution in [-0.2, 0) is 37.5 Å². The number of carboxylic acid groups (broad SMARTS) is 1. The topological polar surface area (TPSA) is 192 Å². The Bertz CT molecular complexity index is 1460. The van der Waals surface area contributed by atoms with E-state index in [4.69, 9.17) is 24.8 Å². The zero-order valence-corrected chi connectivity index (χ0v) is 37.7. The fourth-order valence-corrected chi connectivity index (χ4v) is 5.91. The summed E-state index contributed by atoms with van der Waals surface area (Å²) in [6.07, 6.45) is 50.8. The molecule has 344 valence electrons. The number of allylic oxidation sites excluding steroid dienone is 16. The van der Waals surface area contributed by atoms with Crippen molar-refractivity contribution in [2.75, 3.05) is 19.8 Å². The third kappa shape index (κ3) is 41.2. The SMILES string of the molecule is CC/C=C\CC(O)/C=C/C=C/C/C=C\C/C=C\C/C=C\CCC(=O)OC[C@H](COP(=O)(O)OC[C@H](N)C(=O)O)OC(=O)CCC/C=C\C/C=C\C/C=C\CCCCCCCC. The summed E-state index contributed by atoms with van der Waals surface area (Å²) >= 11 is 0. The van der Waals surface area contributed by atoms with E-state index in [0.29, 0.717) is 32.1 Å². The van der Waals surface area contributed by atoms with Crippen molar-refractivity contribution in [3.8, 4) is 0 Å². The Morgan fingerprint density at radius 2 is 1.15 bits per heavy atom. The molecule has 0 aromatic rings. The third-order valence-electron chi connectivity index (χ3n) is 8.60. The average molecular weight is 874 g/mol. The fraction of sp³-hybridized carbons (Fsp3) is 0.562. The number of ether oxygens (including phenoxy) is 2. The van der Waals surface area contributed by atoms with Crippen LogP contribution in [0.1, 0.15) is 136 Å². The number of hydrogen-bond acceptors (Lipinski definition) is 10. The molecule has 0 rings (SSSR count). The first-order chi connectivity index (χ1) is 29.5. The molecule has 0 heterocycles. The minimum atomic E-state index is -4.76. The molecule has 61 heavy (non-hydrogen) atoms. The summed E-state index contributed by atoms with van der Waals surface area (Å²) in [5.74, 6) is -2.60. The lowest BCUT2D eigenvalue weighted by Gasteiger charge is -2.20. The van der Waals surface area contributed by atoms with Crippen LogP contribution in [0, 0.1) is 0 Å². The van der Waals surface area contributed by atoms with Crippen LogP contribution in [0.3, 0.4) is 0 Å². The van der Waals surface area contributed by atoms with Gasteiger partial charge >= 0.3 is 25.7 Å². The first-order valence-electron chi connectivity index (χ1n) is 22.0. The standard InChI is InChI=1S/C48H76NO11P/c1-3-5-7-8-9-10-11-12-13-14-15-18-22-25-28-31-35-39-47(52)60-44(41-58-61(55,56)59-42-45(49)48(53)54)40-57-46(51)38-34-30-27-24-21-19-16-17-20-23-26-29-33-37-43(50)36-32-6-4-2/h6,12-13,15,17-21,25-30,32-33,37,43-45,50H,3-5,7-11,14,16,22-24,31,34-36,38-42,49H2,1-2H3,(H,53,54)(H,55,56)/b13-12-,18-15-,20-17-,21-19-,28-25-,29-26+,30-27-,32-6-,37-33+/t43?,44-,45+/m1/s1. The average Bonchev–Trinajstić information content (AvgIpc) is 3.23. The normalized spacial score (nSPS) is 15.2. The number of carbonyl (C=O) groups excluding carboxylic acids is 2. The molecule has 5 N–H and O–H groups in total. The Morgan fingerprint density at radius 3 is 1.75 bits per heavy atom. The number of nitrogens with two attached hydrogens (primary N) is 1. The number of carbonyl (C=O) groups is 3. The quantitative estimate of drug-likeness (QED) is 0.0150. The summed E-state index contributed by atoms with van der Waals surface area (Å²) in [6.45, 7) is 2.43. The smallest absolute Gasteiger partial charge is 0.472 e. The molecule has 4 atom stereocenters. The minimum Gasteiger partial charge on any atom is -0.480 e. The number of aliphatic hydroxyl groups excluding tert-OH is 1. The van der Waals surface area contributed by atoms with Crippen LogP contribution < -0.4 is 5.73 Å². The molecule has 0 spiro atoms. The van der Waals surface area contributed by atoms with Crippen LogP contribution in [-0.4, -0.2) is 71.1 Å². The Balaban J connectivity index is 4.62. The van der Waals surface area contributed by atoms with Gasteiger partial charge in [-0.05, 0) is 77.0 Å². The van der Waals surface area contributed by atoms with Crippen LogP contribution in [0.4, 0.5) is 0 Å². The summed E-state index contributed by atoms with van der Waals surface area (Å²) < 4.78 is 32.5. The molecule has 0 aliphatic carbocycles. The summed E-state index contributed by atoms with van der Waals surface area (Å²) in [5.41, 5.74) is 5.32. The van der Waals surface area contributed by atoms with Gasteiger partial charge in [0.25, 0.3) is 0 Å². The molecule has 0 saturated carbocycles. The molecule has 0 aromatic carbocycles. The predicted octanol–water partition coefficient (Wildman–Crippen LogP) is 10.8. The number of hydrogen-bond donors (Lipinski definition) is 4. The van der Waals surface area contributed by atoms with Gasteiger partial charge in [0.15, 0.2) is 6.10 Å². The van der Waals surface area contributed by atoms with E-state index < -0.39 is 63.8 Å². The van der Waals surface area contributed by atoms with E-state index in [2.05, 4.69) is 54.8 Å². The number of phosphoric ester groups is 1. The molecule has 0 aliphatic heterocycles. The second-order valence-corrected chi connectivity index (χ2v) is 15.7. The molecular weight excluding hydrogens is 797 g/mol. The molecule has 0 aliphatic rings. The number of aliphatic hydroxyl groups is 1. The Morgan fingerprint density at radius 1 is 0.607 bits per heavy atom. The van der Waals surface area contributed by atoms with Gasteiger partial charge in [-0.15, -0.1) is 0 Å². The van der Waals surface area contributed by atoms with E-state index in [1.807, 2.05) is 66.8 Å². The highest BCUT2D eigenvalue weighted by molar-refractivity contribution is 7.47. The molecule has 0 bridgehead atoms. The van der Waals surface area contributed by atoms with Gasteiger partial charge in [0.05, 0.1) is 19.3 Å². The Labute approximate surface area is 366 Å². The molecular formula is C48H76NO11P. The van der Waals surface area contributed by atoms with E-state index in [1.165, 1.54) is 38.5 Å². The van der Waals surface area contributed by atoms with E-state index in [9.17, 15) is 28.9 Å². The fourth-order valence-electron chi connectivity index (χ4n) is 5.13. The molecule has 0 amide bonds. The first kappa shape index (κ1) is 57.1. The number of esters is 2. The van der Waals surface area contributed by atoms with Crippen molar-refractivity contribution in [1.29, 1.82) is 0 Å². The van der Waals surface area contributed by atoms with Gasteiger partial charge in [-0.2, -0.15) is 0 Å². The first-order valence-corrected chi connectivity index (χ1v) is 23.5. The lowest BCUT2D eigenvalue weighted by Crippen LogP contribution is -2.34. The second-order valence-electron chi connectivity index (χ2n) is 14.3. The van der Waals surface area contributed by atoms with Crippen molar-refractivity contribution in [3.63, 3.8) is 0 Å². The highest BCUT2D eigenvalue weighted by Crippen LogP contribution is 2.43. The summed E-state index contributed by atoms with van der Waals surface area (Å²) in [6, 6.07) is -1.55. The van der Waals surface area contributed by atoms with Gasteiger partial charge in [0, 0.05) is 12.8 Å². The van der Waals surface area contributed by atoms with Crippen LogP contribution in [0.25, 0.3) is 0 Å². The van der Waals surface area contributed by atoms with Crippen molar-refractivity contribution in [2.24, 2.45) is 5.73 Å². The molecule has 13 heteroatoms. The zero-order valence-electron chi connectivity index (χ0n) is 36.8. The number of aliphatic carboxylic acids is 1. The number of rotatable bonds is 39. The summed E-state index contributed by atoms with van der Waals surface area (Å²) in [4.78, 5) is 45.9. The van der Waals surface area contributed by atoms with Gasteiger partial charge in [-0.1, -0.05) is 155 Å². The van der Waals surface area contributed by atoms with E-state index in [0.717, 1.165) is 38.5 Å². The van der Waals surface area contributed by atoms with Gasteiger partial charge < -0.3 is 30.3 Å². The number of carboxylic acids is 1.